The van der Waals surface area contributed by atoms with Crippen LogP contribution in [-0.4, -0.2) is 36.9 Å². The minimum absolute atomic E-state index is 0.193. The van der Waals surface area contributed by atoms with E-state index in [9.17, 15) is 0 Å². The Bertz CT molecular complexity index is 799. The van der Waals surface area contributed by atoms with Gasteiger partial charge in [-0.05, 0) is 50.2 Å². The average Bonchev–Trinajstić information content (AvgIpc) is 2.70. The topological polar surface area (TPSA) is 34.1 Å². The second-order valence-corrected chi connectivity index (χ2v) is 7.86. The van der Waals surface area contributed by atoms with Crippen LogP contribution in [0.5, 0.6) is 5.75 Å². The first-order valence-electron chi connectivity index (χ1n) is 9.27. The van der Waals surface area contributed by atoms with Gasteiger partial charge in [0.05, 0.1) is 6.21 Å². The molecule has 5 rings (SSSR count). The highest BCUT2D eigenvalue weighted by atomic mass is 35.5. The van der Waals surface area contributed by atoms with Crippen LogP contribution in [0.1, 0.15) is 24.0 Å². The molecule has 1 unspecified atom stereocenters. The molecule has 0 spiro atoms. The lowest BCUT2D eigenvalue weighted by Crippen LogP contribution is -2.50. The highest BCUT2D eigenvalue weighted by molar-refractivity contribution is 6.35. The Hall–Kier alpha value is -1.75. The van der Waals surface area contributed by atoms with Gasteiger partial charge in [-0.15, -0.1) is 0 Å². The van der Waals surface area contributed by atoms with Crippen molar-refractivity contribution in [3.05, 3.63) is 63.6 Å². The Morgan fingerprint density at radius 1 is 1.04 bits per heavy atom. The highest BCUT2D eigenvalue weighted by Crippen LogP contribution is 2.30. The van der Waals surface area contributed by atoms with Gasteiger partial charge in [-0.1, -0.05) is 46.6 Å². The fourth-order valence-corrected chi connectivity index (χ4v) is 4.24. The summed E-state index contributed by atoms with van der Waals surface area (Å²) in [5.41, 5.74) is 1.64. The van der Waals surface area contributed by atoms with Gasteiger partial charge in [-0.2, -0.15) is 0 Å². The molecule has 0 radical (unpaired) electrons. The molecule has 0 saturated carbocycles. The lowest BCUT2D eigenvalue weighted by molar-refractivity contribution is -0.0675. The van der Waals surface area contributed by atoms with Crippen LogP contribution in [0.2, 0.25) is 10.0 Å². The van der Waals surface area contributed by atoms with Gasteiger partial charge in [0.1, 0.15) is 18.5 Å². The van der Waals surface area contributed by atoms with E-state index in [1.807, 2.05) is 30.3 Å². The van der Waals surface area contributed by atoms with Crippen LogP contribution < -0.4 is 4.74 Å². The third kappa shape index (κ3) is 4.40. The molecule has 2 aromatic carbocycles. The molecule has 3 fully saturated rings. The zero-order valence-corrected chi connectivity index (χ0v) is 16.5. The van der Waals surface area contributed by atoms with Crippen molar-refractivity contribution < 1.29 is 9.57 Å². The SMILES string of the molecule is Clc1cccc(Cl)c1COc1ccccc1/C=N/OC1CN2CCC1CC2. The lowest BCUT2D eigenvalue weighted by Gasteiger charge is -2.42. The minimum Gasteiger partial charge on any atom is -0.488 e. The quantitative estimate of drug-likeness (QED) is 0.500. The number of hydrogen-bond donors (Lipinski definition) is 0. The van der Waals surface area contributed by atoms with Gasteiger partial charge in [-0.25, -0.2) is 0 Å². The van der Waals surface area contributed by atoms with Crippen LogP contribution >= 0.6 is 23.2 Å². The second-order valence-electron chi connectivity index (χ2n) is 7.04. The third-order valence-electron chi connectivity index (χ3n) is 5.34. The fourth-order valence-electron chi connectivity index (χ4n) is 3.73. The average molecular weight is 405 g/mol. The summed E-state index contributed by atoms with van der Waals surface area (Å²) in [7, 11) is 0. The Morgan fingerprint density at radius 3 is 2.48 bits per heavy atom. The largest absolute Gasteiger partial charge is 0.488 e. The molecule has 3 aliphatic rings. The van der Waals surface area contributed by atoms with Crippen molar-refractivity contribution in [2.45, 2.75) is 25.6 Å². The second kappa shape index (κ2) is 8.51. The maximum Gasteiger partial charge on any atom is 0.143 e. The number of benzene rings is 2. The van der Waals surface area contributed by atoms with Gasteiger partial charge in [0, 0.05) is 33.6 Å². The first-order chi connectivity index (χ1) is 13.2. The summed E-state index contributed by atoms with van der Waals surface area (Å²) in [5.74, 6) is 1.34. The van der Waals surface area contributed by atoms with Gasteiger partial charge in [0.2, 0.25) is 0 Å². The standard InChI is InChI=1S/C21H22Cl2N2O2/c22-18-5-3-6-19(23)17(18)14-26-20-7-2-1-4-16(20)12-24-27-21-13-25-10-8-15(21)9-11-25/h1-7,12,15,21H,8-11,13-14H2/b24-12+. The van der Waals surface area contributed by atoms with Gasteiger partial charge < -0.3 is 9.57 Å². The van der Waals surface area contributed by atoms with E-state index in [1.165, 1.54) is 25.9 Å². The van der Waals surface area contributed by atoms with E-state index in [-0.39, 0.29) is 6.10 Å². The minimum atomic E-state index is 0.193. The van der Waals surface area contributed by atoms with Crippen molar-refractivity contribution >= 4 is 29.4 Å². The van der Waals surface area contributed by atoms with Crippen molar-refractivity contribution in [2.24, 2.45) is 11.1 Å². The van der Waals surface area contributed by atoms with Gasteiger partial charge >= 0.3 is 0 Å². The molecule has 27 heavy (non-hydrogen) atoms. The smallest absolute Gasteiger partial charge is 0.143 e. The van der Waals surface area contributed by atoms with Crippen molar-refractivity contribution in [1.82, 2.24) is 4.90 Å². The molecule has 3 saturated heterocycles. The molecular formula is C21H22Cl2N2O2. The number of oxime groups is 1. The molecule has 142 valence electrons. The van der Waals surface area contributed by atoms with Gasteiger partial charge in [0.25, 0.3) is 0 Å². The number of halogens is 2. The van der Waals surface area contributed by atoms with Crippen LogP contribution in [0.25, 0.3) is 0 Å². The molecule has 4 nitrogen and oxygen atoms in total. The molecule has 1 atom stereocenters. The number of ether oxygens (including phenoxy) is 1. The third-order valence-corrected chi connectivity index (χ3v) is 6.05. The number of fused-ring (bicyclic) bond motifs is 3. The van der Waals surface area contributed by atoms with Crippen molar-refractivity contribution in [2.75, 3.05) is 19.6 Å². The Balaban J connectivity index is 1.40. The molecule has 2 bridgehead atoms. The van der Waals surface area contributed by atoms with E-state index in [1.54, 1.807) is 18.3 Å². The number of hydrogen-bond acceptors (Lipinski definition) is 4. The fraction of sp³-hybridized carbons (Fsp3) is 0.381. The van der Waals surface area contributed by atoms with Crippen molar-refractivity contribution in [3.63, 3.8) is 0 Å². The maximum atomic E-state index is 6.22. The van der Waals surface area contributed by atoms with E-state index < -0.39 is 0 Å². The van der Waals surface area contributed by atoms with E-state index in [4.69, 9.17) is 32.8 Å². The number of piperidine rings is 3. The van der Waals surface area contributed by atoms with E-state index in [0.717, 1.165) is 23.4 Å². The van der Waals surface area contributed by atoms with Gasteiger partial charge in [0.15, 0.2) is 0 Å². The summed E-state index contributed by atoms with van der Waals surface area (Å²) < 4.78 is 5.95. The Labute approximate surface area is 169 Å². The van der Waals surface area contributed by atoms with E-state index in [0.29, 0.717) is 22.6 Å². The lowest BCUT2D eigenvalue weighted by atomic mass is 9.86. The molecule has 0 aromatic heterocycles. The summed E-state index contributed by atoms with van der Waals surface area (Å²) in [5, 5.41) is 5.44. The first kappa shape index (κ1) is 18.6. The summed E-state index contributed by atoms with van der Waals surface area (Å²) in [6, 6.07) is 13.2. The van der Waals surface area contributed by atoms with Crippen LogP contribution in [0.15, 0.2) is 47.6 Å². The zero-order chi connectivity index (χ0) is 18.6. The van der Waals surface area contributed by atoms with E-state index in [2.05, 4.69) is 10.1 Å². The molecule has 0 amide bonds. The summed E-state index contributed by atoms with van der Waals surface area (Å²) >= 11 is 12.4. The Kier molecular flexibility index (Phi) is 5.86. The van der Waals surface area contributed by atoms with Crippen molar-refractivity contribution in [1.29, 1.82) is 0 Å². The predicted molar refractivity (Wildman–Crippen MR) is 109 cm³/mol. The predicted octanol–water partition coefficient (Wildman–Crippen LogP) is 5.02. The van der Waals surface area contributed by atoms with Crippen LogP contribution in [0.3, 0.4) is 0 Å². The molecule has 0 N–H and O–H groups in total. The first-order valence-corrected chi connectivity index (χ1v) is 10.0. The molecule has 3 aliphatic heterocycles. The number of nitrogens with zero attached hydrogens (tertiary/aromatic N) is 2. The normalized spacial score (nSPS) is 24.3. The van der Waals surface area contributed by atoms with Gasteiger partial charge in [-0.3, -0.25) is 4.90 Å². The molecular weight excluding hydrogens is 383 g/mol. The maximum absolute atomic E-state index is 6.22. The molecule has 2 aromatic rings. The summed E-state index contributed by atoms with van der Waals surface area (Å²) in [6.07, 6.45) is 4.33. The highest BCUT2D eigenvalue weighted by Gasteiger charge is 2.35. The number of rotatable bonds is 6. The van der Waals surface area contributed by atoms with Crippen LogP contribution in [0.4, 0.5) is 0 Å². The molecule has 0 aliphatic carbocycles. The molecule has 6 heteroatoms. The monoisotopic (exact) mass is 404 g/mol. The van der Waals surface area contributed by atoms with Crippen LogP contribution in [-0.2, 0) is 11.4 Å². The molecule has 3 heterocycles. The number of para-hydroxylation sites is 1. The van der Waals surface area contributed by atoms with Crippen molar-refractivity contribution in [3.8, 4) is 5.75 Å². The Morgan fingerprint density at radius 2 is 1.78 bits per heavy atom. The summed E-state index contributed by atoms with van der Waals surface area (Å²) in [4.78, 5) is 8.26. The van der Waals surface area contributed by atoms with E-state index >= 15 is 0 Å². The van der Waals surface area contributed by atoms with Crippen LogP contribution in [0, 0.1) is 5.92 Å². The summed E-state index contributed by atoms with van der Waals surface area (Å²) in [6.45, 7) is 3.65. The zero-order valence-electron chi connectivity index (χ0n) is 15.0.